The van der Waals surface area contributed by atoms with Crippen LogP contribution in [0.2, 0.25) is 0 Å². The van der Waals surface area contributed by atoms with Gasteiger partial charge in [0, 0.05) is 0 Å². The summed E-state index contributed by atoms with van der Waals surface area (Å²) < 4.78 is 0. The molecule has 0 radical (unpaired) electrons. The van der Waals surface area contributed by atoms with Crippen LogP contribution in [0.4, 0.5) is 0 Å². The van der Waals surface area contributed by atoms with Crippen LogP contribution in [0.1, 0.15) is 67.2 Å². The van der Waals surface area contributed by atoms with E-state index in [2.05, 4.69) is 53.7 Å². The lowest BCUT2D eigenvalue weighted by atomic mass is 10.1. The molecule has 0 aliphatic heterocycles. The Labute approximate surface area is 122 Å². The molecule has 0 aromatic carbocycles. The Morgan fingerprint density at radius 1 is 0.778 bits per heavy atom. The fourth-order valence-corrected chi connectivity index (χ4v) is 4.83. The fourth-order valence-electron chi connectivity index (χ4n) is 1.54. The Morgan fingerprint density at radius 2 is 1.11 bits per heavy atom. The Bertz CT molecular complexity index is 238. The zero-order valence-electron chi connectivity index (χ0n) is 13.0. The van der Waals surface area contributed by atoms with Crippen LogP contribution in [0.3, 0.4) is 0 Å². The maximum absolute atomic E-state index is 2.39. The second-order valence-electron chi connectivity index (χ2n) is 4.81. The molecule has 0 N–H and O–H groups in total. The molecule has 0 amide bonds. The van der Waals surface area contributed by atoms with Crippen molar-refractivity contribution in [2.24, 2.45) is 11.8 Å². The number of hydrogen-bond acceptors (Lipinski definition) is 2. The average Bonchev–Trinajstić information content (AvgIpc) is 2.40. The fraction of sp³-hybridized carbons (Fsp3) is 0.750. The molecule has 106 valence electrons. The normalized spacial score (nSPS) is 16.8. The van der Waals surface area contributed by atoms with Gasteiger partial charge in [-0.1, -0.05) is 75.3 Å². The molecule has 2 atom stereocenters. The molecule has 0 fully saturated rings. The van der Waals surface area contributed by atoms with Crippen molar-refractivity contribution in [1.82, 2.24) is 0 Å². The van der Waals surface area contributed by atoms with E-state index in [1.165, 1.54) is 12.8 Å². The largest absolute Gasteiger partial charge is 0.0741 e. The summed E-state index contributed by atoms with van der Waals surface area (Å²) in [7, 11) is 3.96. The van der Waals surface area contributed by atoms with Gasteiger partial charge in [0.25, 0.3) is 0 Å². The van der Waals surface area contributed by atoms with E-state index in [4.69, 9.17) is 0 Å². The minimum atomic E-state index is 0.697. The van der Waals surface area contributed by atoms with Crippen LogP contribution in [0.5, 0.6) is 0 Å². The summed E-state index contributed by atoms with van der Waals surface area (Å²) >= 11 is 0. The highest BCUT2D eigenvalue weighted by Crippen LogP contribution is 2.43. The zero-order chi connectivity index (χ0) is 14.0. The maximum Gasteiger partial charge on any atom is -0.00504 e. The van der Waals surface area contributed by atoms with Gasteiger partial charge in [-0.2, -0.15) is 0 Å². The Hall–Kier alpha value is 0.180. The predicted octanol–water partition coefficient (Wildman–Crippen LogP) is 7.05. The summed E-state index contributed by atoms with van der Waals surface area (Å²) in [6.45, 7) is 13.7. The Kier molecular flexibility index (Phi) is 11.2. The molecule has 0 aromatic heterocycles. The summed E-state index contributed by atoms with van der Waals surface area (Å²) in [6.07, 6.45) is 9.54. The summed E-state index contributed by atoms with van der Waals surface area (Å²) in [5.41, 5.74) is 0. The van der Waals surface area contributed by atoms with E-state index < -0.39 is 0 Å². The van der Waals surface area contributed by atoms with Crippen molar-refractivity contribution in [2.45, 2.75) is 67.2 Å². The van der Waals surface area contributed by atoms with Crippen molar-refractivity contribution in [1.29, 1.82) is 0 Å². The lowest BCUT2D eigenvalue weighted by Gasteiger charge is -2.17. The van der Waals surface area contributed by atoms with Gasteiger partial charge in [-0.3, -0.25) is 0 Å². The Morgan fingerprint density at radius 3 is 1.33 bits per heavy atom. The van der Waals surface area contributed by atoms with E-state index in [1.807, 2.05) is 21.6 Å². The topological polar surface area (TPSA) is 0 Å². The summed E-state index contributed by atoms with van der Waals surface area (Å²) in [4.78, 5) is 3.10. The first kappa shape index (κ1) is 18.2. The van der Waals surface area contributed by atoms with Crippen molar-refractivity contribution in [2.75, 3.05) is 0 Å². The number of allylic oxidation sites excluding steroid dienone is 4. The SMILES string of the molecule is CCC=C(SS/C(=C/CC)C(C)CC)C(C)CC. The van der Waals surface area contributed by atoms with Crippen LogP contribution in [0.15, 0.2) is 22.0 Å². The minimum absolute atomic E-state index is 0.697. The predicted molar refractivity (Wildman–Crippen MR) is 90.8 cm³/mol. The van der Waals surface area contributed by atoms with E-state index in [-0.39, 0.29) is 0 Å². The second-order valence-corrected chi connectivity index (χ2v) is 7.09. The summed E-state index contributed by atoms with van der Waals surface area (Å²) in [6, 6.07) is 0. The smallest absolute Gasteiger partial charge is 0.00504 e. The molecule has 0 bridgehead atoms. The molecule has 0 saturated carbocycles. The molecule has 0 aliphatic carbocycles. The highest BCUT2D eigenvalue weighted by atomic mass is 33.1. The monoisotopic (exact) mass is 286 g/mol. The molecule has 0 aromatic rings. The van der Waals surface area contributed by atoms with Crippen LogP contribution in [0.25, 0.3) is 0 Å². The molecule has 0 nitrogen and oxygen atoms in total. The Balaban J connectivity index is 4.57. The van der Waals surface area contributed by atoms with E-state index in [0.717, 1.165) is 12.8 Å². The maximum atomic E-state index is 2.39. The molecule has 0 heterocycles. The van der Waals surface area contributed by atoms with Crippen LogP contribution in [-0.4, -0.2) is 0 Å². The van der Waals surface area contributed by atoms with Crippen LogP contribution in [-0.2, 0) is 0 Å². The summed E-state index contributed by atoms with van der Waals surface area (Å²) in [5, 5.41) is 0. The van der Waals surface area contributed by atoms with Crippen LogP contribution >= 0.6 is 21.6 Å². The third-order valence-electron chi connectivity index (χ3n) is 3.24. The highest BCUT2D eigenvalue weighted by molar-refractivity contribution is 8.79. The van der Waals surface area contributed by atoms with Gasteiger partial charge >= 0.3 is 0 Å². The summed E-state index contributed by atoms with van der Waals surface area (Å²) in [5.74, 6) is 1.39. The lowest BCUT2D eigenvalue weighted by Crippen LogP contribution is -1.96. The van der Waals surface area contributed by atoms with Crippen molar-refractivity contribution in [3.8, 4) is 0 Å². The molecular weight excluding hydrogens is 256 g/mol. The van der Waals surface area contributed by atoms with E-state index in [1.54, 1.807) is 9.81 Å². The van der Waals surface area contributed by atoms with Gasteiger partial charge in [-0.25, -0.2) is 0 Å². The van der Waals surface area contributed by atoms with Gasteiger partial charge in [0.2, 0.25) is 0 Å². The molecule has 18 heavy (non-hydrogen) atoms. The quantitative estimate of drug-likeness (QED) is 0.416. The third-order valence-corrected chi connectivity index (χ3v) is 6.25. The average molecular weight is 287 g/mol. The van der Waals surface area contributed by atoms with E-state index >= 15 is 0 Å². The number of rotatable bonds is 9. The highest BCUT2D eigenvalue weighted by Gasteiger charge is 2.12. The number of hydrogen-bond donors (Lipinski definition) is 0. The first-order chi connectivity index (χ1) is 8.60. The molecule has 2 unspecified atom stereocenters. The molecular formula is C16H30S2. The van der Waals surface area contributed by atoms with Crippen molar-refractivity contribution < 1.29 is 0 Å². The molecule has 0 rings (SSSR count). The van der Waals surface area contributed by atoms with Gasteiger partial charge < -0.3 is 0 Å². The minimum Gasteiger partial charge on any atom is -0.0741 e. The van der Waals surface area contributed by atoms with Crippen molar-refractivity contribution in [3.05, 3.63) is 22.0 Å². The standard InChI is InChI=1S/C16H30S2/c1-7-11-15(13(5)9-3)17-18-16(12-8-2)14(6)10-4/h11-14H,7-10H2,1-6H3/b15-11+,16-12?. The van der Waals surface area contributed by atoms with E-state index in [9.17, 15) is 0 Å². The van der Waals surface area contributed by atoms with Crippen LogP contribution < -0.4 is 0 Å². The molecule has 0 aliphatic rings. The van der Waals surface area contributed by atoms with Crippen molar-refractivity contribution >= 4 is 21.6 Å². The van der Waals surface area contributed by atoms with Crippen LogP contribution in [0, 0.1) is 11.8 Å². The van der Waals surface area contributed by atoms with Gasteiger partial charge in [0.1, 0.15) is 0 Å². The van der Waals surface area contributed by atoms with Gasteiger partial charge in [-0.15, -0.1) is 0 Å². The van der Waals surface area contributed by atoms with Gasteiger partial charge in [0.05, 0.1) is 0 Å². The second kappa shape index (κ2) is 11.0. The molecule has 2 heteroatoms. The first-order valence-electron chi connectivity index (χ1n) is 7.35. The van der Waals surface area contributed by atoms with E-state index in [0.29, 0.717) is 11.8 Å². The first-order valence-corrected chi connectivity index (χ1v) is 9.50. The van der Waals surface area contributed by atoms with Gasteiger partial charge in [0.15, 0.2) is 0 Å². The third kappa shape index (κ3) is 6.94. The lowest BCUT2D eigenvalue weighted by molar-refractivity contribution is 0.684. The molecule has 0 saturated heterocycles. The molecule has 0 spiro atoms. The zero-order valence-corrected chi connectivity index (χ0v) is 14.6. The van der Waals surface area contributed by atoms with Crippen molar-refractivity contribution in [3.63, 3.8) is 0 Å². The van der Waals surface area contributed by atoms with Gasteiger partial charge in [-0.05, 0) is 47.3 Å².